The van der Waals surface area contributed by atoms with Crippen molar-refractivity contribution in [3.8, 4) is 5.75 Å². The number of benzene rings is 2. The summed E-state index contributed by atoms with van der Waals surface area (Å²) in [5, 5.41) is 5.81. The minimum Gasteiger partial charge on any atom is -0.497 e. The predicted octanol–water partition coefficient (Wildman–Crippen LogP) is 3.30. The third-order valence-corrected chi connectivity index (χ3v) is 5.50. The molecule has 0 aromatic heterocycles. The minimum atomic E-state index is -0.654. The van der Waals surface area contributed by atoms with Crippen LogP contribution in [0.1, 0.15) is 36.8 Å². The van der Waals surface area contributed by atoms with Gasteiger partial charge in [0.25, 0.3) is 0 Å². The van der Waals surface area contributed by atoms with Gasteiger partial charge in [0.1, 0.15) is 17.4 Å². The van der Waals surface area contributed by atoms with Crippen LogP contribution < -0.4 is 15.4 Å². The number of methoxy groups -OCH3 is 1. The zero-order chi connectivity index (χ0) is 21.6. The highest BCUT2D eigenvalue weighted by atomic mass is 19.1. The molecule has 5 nitrogen and oxygen atoms in total. The maximum atomic E-state index is 14.3. The number of ether oxygens (including phenoxy) is 1. The van der Waals surface area contributed by atoms with Crippen molar-refractivity contribution in [2.75, 3.05) is 13.7 Å². The Bertz CT molecular complexity index is 902. The Kier molecular flexibility index (Phi) is 7.03. The molecule has 0 spiro atoms. The first-order valence-corrected chi connectivity index (χ1v) is 10.0. The molecule has 1 heterocycles. The largest absolute Gasteiger partial charge is 0.497 e. The van der Waals surface area contributed by atoms with Crippen LogP contribution >= 0.6 is 0 Å². The summed E-state index contributed by atoms with van der Waals surface area (Å²) < 4.78 is 32.4. The number of nitrogens with one attached hydrogen (secondary N) is 2. The molecule has 7 heteroatoms. The summed E-state index contributed by atoms with van der Waals surface area (Å²) in [5.74, 6) is -0.331. The van der Waals surface area contributed by atoms with Gasteiger partial charge >= 0.3 is 0 Å². The van der Waals surface area contributed by atoms with E-state index >= 15 is 0 Å². The first-order valence-electron chi connectivity index (χ1n) is 10.0. The van der Waals surface area contributed by atoms with Crippen LogP contribution in [0, 0.1) is 11.6 Å². The van der Waals surface area contributed by atoms with Crippen LogP contribution in [-0.2, 0) is 22.4 Å². The number of amides is 2. The van der Waals surface area contributed by atoms with Crippen molar-refractivity contribution in [3.63, 3.8) is 0 Å². The lowest BCUT2D eigenvalue weighted by Gasteiger charge is -2.29. The number of carbonyl (C=O) groups excluding carboxylic acids is 2. The molecule has 2 N–H and O–H groups in total. The molecule has 0 aliphatic carbocycles. The van der Waals surface area contributed by atoms with Gasteiger partial charge in [-0.3, -0.25) is 9.59 Å². The molecule has 160 valence electrons. The van der Waals surface area contributed by atoms with E-state index in [0.29, 0.717) is 50.0 Å². The van der Waals surface area contributed by atoms with Crippen molar-refractivity contribution in [1.82, 2.24) is 10.6 Å². The fourth-order valence-electron chi connectivity index (χ4n) is 3.80. The van der Waals surface area contributed by atoms with Gasteiger partial charge in [0.05, 0.1) is 7.11 Å². The molecule has 1 aliphatic rings. The fourth-order valence-corrected chi connectivity index (χ4v) is 3.80. The molecule has 2 aromatic carbocycles. The standard InChI is InChI=1S/C23H26F2N2O3/c1-30-19-6-7-20(25)17(14-19)15-23(12-9-22(29)27-23)11-8-21(28)26-13-10-16-2-4-18(24)5-3-16/h2-7,14H,8-13,15H2,1H3,(H,26,28)(H,27,29)/t23-/m1/s1. The highest BCUT2D eigenvalue weighted by Crippen LogP contribution is 2.31. The molecule has 0 saturated carbocycles. The Labute approximate surface area is 174 Å². The highest BCUT2D eigenvalue weighted by molar-refractivity contribution is 5.80. The van der Waals surface area contributed by atoms with Gasteiger partial charge in [0, 0.05) is 24.9 Å². The second-order valence-corrected chi connectivity index (χ2v) is 7.69. The molecule has 1 saturated heterocycles. The van der Waals surface area contributed by atoms with E-state index in [2.05, 4.69) is 10.6 Å². The van der Waals surface area contributed by atoms with E-state index in [0.717, 1.165) is 5.56 Å². The molecule has 0 bridgehead atoms. The van der Waals surface area contributed by atoms with Crippen molar-refractivity contribution in [3.05, 3.63) is 65.2 Å². The third-order valence-electron chi connectivity index (χ3n) is 5.50. The Balaban J connectivity index is 1.56. The quantitative estimate of drug-likeness (QED) is 0.659. The minimum absolute atomic E-state index is 0.0879. The lowest BCUT2D eigenvalue weighted by molar-refractivity contribution is -0.122. The van der Waals surface area contributed by atoms with Crippen molar-refractivity contribution < 1.29 is 23.1 Å². The van der Waals surface area contributed by atoms with Crippen LogP contribution in [0.3, 0.4) is 0 Å². The average Bonchev–Trinajstić information content (AvgIpc) is 3.10. The van der Waals surface area contributed by atoms with Crippen molar-refractivity contribution in [2.24, 2.45) is 0 Å². The number of hydrogen-bond donors (Lipinski definition) is 2. The second kappa shape index (κ2) is 9.69. The van der Waals surface area contributed by atoms with Crippen LogP contribution in [0.25, 0.3) is 0 Å². The molecule has 0 unspecified atom stereocenters. The Morgan fingerprint density at radius 2 is 1.97 bits per heavy atom. The van der Waals surface area contributed by atoms with Crippen LogP contribution in [0.4, 0.5) is 8.78 Å². The maximum Gasteiger partial charge on any atom is 0.220 e. The zero-order valence-electron chi connectivity index (χ0n) is 17.0. The molecule has 1 aliphatic heterocycles. The Morgan fingerprint density at radius 1 is 1.20 bits per heavy atom. The van der Waals surface area contributed by atoms with E-state index in [9.17, 15) is 18.4 Å². The molecular weight excluding hydrogens is 390 g/mol. The number of rotatable bonds is 9. The first kappa shape index (κ1) is 21.7. The van der Waals surface area contributed by atoms with Gasteiger partial charge in [0.15, 0.2) is 0 Å². The topological polar surface area (TPSA) is 67.4 Å². The summed E-state index contributed by atoms with van der Waals surface area (Å²) in [6.45, 7) is 0.439. The lowest BCUT2D eigenvalue weighted by Crippen LogP contribution is -2.44. The number of carbonyl (C=O) groups is 2. The van der Waals surface area contributed by atoms with Gasteiger partial charge < -0.3 is 15.4 Å². The average molecular weight is 416 g/mol. The van der Waals surface area contributed by atoms with E-state index in [1.807, 2.05) is 0 Å². The number of hydrogen-bond acceptors (Lipinski definition) is 3. The van der Waals surface area contributed by atoms with Crippen molar-refractivity contribution >= 4 is 11.8 Å². The van der Waals surface area contributed by atoms with Crippen LogP contribution in [0.2, 0.25) is 0 Å². The van der Waals surface area contributed by atoms with Gasteiger partial charge in [0.2, 0.25) is 11.8 Å². The molecule has 0 radical (unpaired) electrons. The predicted molar refractivity (Wildman–Crippen MR) is 109 cm³/mol. The third kappa shape index (κ3) is 5.78. The second-order valence-electron chi connectivity index (χ2n) is 7.69. The molecular formula is C23H26F2N2O3. The van der Waals surface area contributed by atoms with E-state index in [1.54, 1.807) is 24.3 Å². The van der Waals surface area contributed by atoms with Crippen molar-refractivity contribution in [1.29, 1.82) is 0 Å². The van der Waals surface area contributed by atoms with Gasteiger partial charge in [-0.1, -0.05) is 12.1 Å². The SMILES string of the molecule is COc1ccc(F)c(C[C@@]2(CCC(=O)NCCc3ccc(F)cc3)CCC(=O)N2)c1. The summed E-state index contributed by atoms with van der Waals surface area (Å²) in [5.41, 5.74) is 0.733. The van der Waals surface area contributed by atoms with E-state index in [-0.39, 0.29) is 29.9 Å². The highest BCUT2D eigenvalue weighted by Gasteiger charge is 2.38. The lowest BCUT2D eigenvalue weighted by atomic mass is 9.84. The summed E-state index contributed by atoms with van der Waals surface area (Å²) >= 11 is 0. The number of halogens is 2. The summed E-state index contributed by atoms with van der Waals surface area (Å²) in [7, 11) is 1.51. The zero-order valence-corrected chi connectivity index (χ0v) is 17.0. The van der Waals surface area contributed by atoms with Crippen molar-refractivity contribution in [2.45, 2.75) is 44.1 Å². The van der Waals surface area contributed by atoms with Crippen LogP contribution in [0.15, 0.2) is 42.5 Å². The van der Waals surface area contributed by atoms with Gasteiger partial charge in [-0.25, -0.2) is 8.78 Å². The molecule has 1 atom stereocenters. The first-order chi connectivity index (χ1) is 14.4. The van der Waals surface area contributed by atoms with Crippen LogP contribution in [-0.4, -0.2) is 31.0 Å². The molecule has 30 heavy (non-hydrogen) atoms. The summed E-state index contributed by atoms with van der Waals surface area (Å²) in [6.07, 6.45) is 2.43. The smallest absolute Gasteiger partial charge is 0.220 e. The molecule has 1 fully saturated rings. The normalized spacial score (nSPS) is 18.2. The van der Waals surface area contributed by atoms with Gasteiger partial charge in [-0.05, 0) is 67.1 Å². The summed E-state index contributed by atoms with van der Waals surface area (Å²) in [6, 6.07) is 10.7. The molecule has 2 aromatic rings. The van der Waals surface area contributed by atoms with Crippen LogP contribution in [0.5, 0.6) is 5.75 Å². The fraction of sp³-hybridized carbons (Fsp3) is 0.391. The Morgan fingerprint density at radius 3 is 2.63 bits per heavy atom. The molecule has 2 amide bonds. The van der Waals surface area contributed by atoms with E-state index < -0.39 is 5.54 Å². The van der Waals surface area contributed by atoms with Gasteiger partial charge in [-0.2, -0.15) is 0 Å². The van der Waals surface area contributed by atoms with E-state index in [4.69, 9.17) is 4.74 Å². The Hall–Kier alpha value is -2.96. The summed E-state index contributed by atoms with van der Waals surface area (Å²) in [4.78, 5) is 24.2. The van der Waals surface area contributed by atoms with E-state index in [1.165, 1.54) is 25.3 Å². The molecule has 3 rings (SSSR count). The van der Waals surface area contributed by atoms with Gasteiger partial charge in [-0.15, -0.1) is 0 Å². The maximum absolute atomic E-state index is 14.3. The monoisotopic (exact) mass is 416 g/mol.